The maximum absolute atomic E-state index is 12.2. The van der Waals surface area contributed by atoms with Gasteiger partial charge in [0.1, 0.15) is 0 Å². The molecule has 1 unspecified atom stereocenters. The largest absolute Gasteiger partial charge is 0.387 e. The Bertz CT molecular complexity index is 747. The van der Waals surface area contributed by atoms with Crippen LogP contribution in [-0.2, 0) is 4.79 Å². The molecule has 0 bridgehead atoms. The van der Waals surface area contributed by atoms with Gasteiger partial charge < -0.3 is 15.1 Å². The molecule has 0 aliphatic carbocycles. The molecule has 118 valence electrons. The van der Waals surface area contributed by atoms with Crippen molar-refractivity contribution >= 4 is 29.4 Å². The summed E-state index contributed by atoms with van der Waals surface area (Å²) in [5, 5.41) is 12.8. The first kappa shape index (κ1) is 15.6. The number of amidine groups is 1. The summed E-state index contributed by atoms with van der Waals surface area (Å²) in [7, 11) is 0. The topological polar surface area (TPSA) is 73.7 Å². The summed E-state index contributed by atoms with van der Waals surface area (Å²) in [6, 6.07) is 15.1. The third-order valence-electron chi connectivity index (χ3n) is 3.46. The van der Waals surface area contributed by atoms with Gasteiger partial charge in [-0.15, -0.1) is 0 Å². The van der Waals surface area contributed by atoms with Crippen molar-refractivity contribution in [3.8, 4) is 0 Å². The minimum Gasteiger partial charge on any atom is -0.387 e. The van der Waals surface area contributed by atoms with Crippen molar-refractivity contribution in [3.63, 3.8) is 0 Å². The van der Waals surface area contributed by atoms with E-state index in [1.165, 1.54) is 11.9 Å². The zero-order valence-corrected chi connectivity index (χ0v) is 13.4. The first-order chi connectivity index (χ1) is 11.1. The summed E-state index contributed by atoms with van der Waals surface area (Å²) in [5.74, 6) is -0.0923. The maximum Gasteiger partial charge on any atom is 0.287 e. The fourth-order valence-corrected chi connectivity index (χ4v) is 3.01. The number of benzene rings is 2. The average molecular weight is 327 g/mol. The highest BCUT2D eigenvalue weighted by atomic mass is 32.2. The van der Waals surface area contributed by atoms with E-state index in [0.29, 0.717) is 0 Å². The summed E-state index contributed by atoms with van der Waals surface area (Å²) < 4.78 is 2.94. The lowest BCUT2D eigenvalue weighted by Crippen LogP contribution is -2.40. The summed E-state index contributed by atoms with van der Waals surface area (Å²) in [4.78, 5) is 17.5. The number of fused-ring (bicyclic) bond motifs is 1. The maximum atomic E-state index is 12.2. The summed E-state index contributed by atoms with van der Waals surface area (Å²) in [5.41, 5.74) is 2.68. The number of carbonyl (C=O) groups is 1. The molecule has 1 amide bonds. The molecule has 1 atom stereocenters. The van der Waals surface area contributed by atoms with Gasteiger partial charge in [0.2, 0.25) is 5.84 Å². The molecule has 0 spiro atoms. The molecule has 2 aromatic carbocycles. The Morgan fingerprint density at radius 1 is 1.30 bits per heavy atom. The Morgan fingerprint density at radius 3 is 2.87 bits per heavy atom. The zero-order chi connectivity index (χ0) is 16.2. The number of rotatable bonds is 4. The van der Waals surface area contributed by atoms with E-state index in [9.17, 15) is 9.90 Å². The molecule has 0 radical (unpaired) electrons. The van der Waals surface area contributed by atoms with E-state index in [1.807, 2.05) is 55.5 Å². The molecular formula is C17H17N3O2S. The van der Waals surface area contributed by atoms with Gasteiger partial charge in [-0.2, -0.15) is 0 Å². The number of amides is 1. The van der Waals surface area contributed by atoms with Crippen molar-refractivity contribution in [2.75, 3.05) is 6.54 Å². The number of aliphatic hydroxyl groups excluding tert-OH is 1. The zero-order valence-electron chi connectivity index (χ0n) is 12.6. The highest BCUT2D eigenvalue weighted by molar-refractivity contribution is 7.98. The van der Waals surface area contributed by atoms with Crippen molar-refractivity contribution in [2.24, 2.45) is 4.99 Å². The second-order valence-corrected chi connectivity index (χ2v) is 6.12. The Morgan fingerprint density at radius 2 is 2.09 bits per heavy atom. The fraction of sp³-hybridized carbons (Fsp3) is 0.176. The minimum absolute atomic E-state index is 0.134. The van der Waals surface area contributed by atoms with E-state index >= 15 is 0 Å². The van der Waals surface area contributed by atoms with E-state index < -0.39 is 6.10 Å². The molecule has 0 aromatic heterocycles. The fourth-order valence-electron chi connectivity index (χ4n) is 2.21. The number of hydrogen-bond donors (Lipinski definition) is 3. The third-order valence-corrected chi connectivity index (χ3v) is 4.30. The molecule has 0 fully saturated rings. The van der Waals surface area contributed by atoms with Crippen molar-refractivity contribution in [1.29, 1.82) is 0 Å². The molecule has 2 aromatic rings. The van der Waals surface area contributed by atoms with E-state index in [0.717, 1.165) is 21.7 Å². The number of aliphatic imine (C=N–C) groups is 1. The van der Waals surface area contributed by atoms with Crippen LogP contribution in [-0.4, -0.2) is 23.4 Å². The predicted octanol–water partition coefficient (Wildman–Crippen LogP) is 2.49. The average Bonchev–Trinajstić information content (AvgIpc) is 2.59. The van der Waals surface area contributed by atoms with Crippen LogP contribution in [0.4, 0.5) is 5.69 Å². The molecule has 0 saturated carbocycles. The molecule has 23 heavy (non-hydrogen) atoms. The van der Waals surface area contributed by atoms with Crippen LogP contribution < -0.4 is 10.0 Å². The lowest BCUT2D eigenvalue weighted by molar-refractivity contribution is -0.115. The van der Waals surface area contributed by atoms with Crippen LogP contribution in [0.25, 0.3) is 0 Å². The molecule has 1 aliphatic rings. The van der Waals surface area contributed by atoms with Crippen LogP contribution >= 0.6 is 11.9 Å². The second kappa shape index (κ2) is 6.85. The highest BCUT2D eigenvalue weighted by Crippen LogP contribution is 2.31. The van der Waals surface area contributed by atoms with E-state index in [4.69, 9.17) is 0 Å². The van der Waals surface area contributed by atoms with Crippen molar-refractivity contribution < 1.29 is 9.90 Å². The summed E-state index contributed by atoms with van der Waals surface area (Å²) in [6.45, 7) is 2.15. The Labute approximate surface area is 139 Å². The number of aryl methyl sites for hydroxylation is 1. The standard InChI is InChI=1S/C17H17N3O2S/c1-11-7-8-13-15(9-11)23-20-16(19-13)17(22)18-10-14(21)12-5-3-2-4-6-12/h2-9,14,21H,10H2,1H3,(H,18,22)(H,19,20). The van der Waals surface area contributed by atoms with Gasteiger partial charge in [-0.3, -0.25) is 4.79 Å². The number of carbonyl (C=O) groups excluding carboxylic acids is 1. The number of nitrogens with one attached hydrogen (secondary N) is 2. The van der Waals surface area contributed by atoms with Gasteiger partial charge >= 0.3 is 0 Å². The van der Waals surface area contributed by atoms with Gasteiger partial charge in [-0.05, 0) is 42.1 Å². The third kappa shape index (κ3) is 3.72. The molecule has 3 N–H and O–H groups in total. The van der Waals surface area contributed by atoms with Gasteiger partial charge in [-0.1, -0.05) is 36.4 Å². The van der Waals surface area contributed by atoms with E-state index in [-0.39, 0.29) is 18.3 Å². The summed E-state index contributed by atoms with van der Waals surface area (Å²) >= 11 is 1.37. The molecule has 6 heteroatoms. The van der Waals surface area contributed by atoms with Crippen molar-refractivity contribution in [1.82, 2.24) is 10.0 Å². The van der Waals surface area contributed by atoms with E-state index in [2.05, 4.69) is 15.0 Å². The highest BCUT2D eigenvalue weighted by Gasteiger charge is 2.19. The lowest BCUT2D eigenvalue weighted by atomic mass is 10.1. The van der Waals surface area contributed by atoms with Crippen LogP contribution in [0.15, 0.2) is 58.4 Å². The Kier molecular flexibility index (Phi) is 4.64. The van der Waals surface area contributed by atoms with E-state index in [1.54, 1.807) is 0 Å². The SMILES string of the molecule is Cc1ccc2c(c1)SNC(C(=O)NCC(O)c1ccccc1)=N2. The first-order valence-electron chi connectivity index (χ1n) is 7.27. The van der Waals surface area contributed by atoms with Crippen LogP contribution in [0.3, 0.4) is 0 Å². The molecule has 0 saturated heterocycles. The summed E-state index contributed by atoms with van der Waals surface area (Å²) in [6.07, 6.45) is -0.744. The molecule has 3 rings (SSSR count). The van der Waals surface area contributed by atoms with Crippen molar-refractivity contribution in [2.45, 2.75) is 17.9 Å². The number of aliphatic hydroxyl groups is 1. The van der Waals surface area contributed by atoms with Gasteiger partial charge in [0.15, 0.2) is 0 Å². The van der Waals surface area contributed by atoms with Gasteiger partial charge in [0.25, 0.3) is 5.91 Å². The first-order valence-corrected chi connectivity index (χ1v) is 8.08. The monoisotopic (exact) mass is 327 g/mol. The van der Waals surface area contributed by atoms with Crippen LogP contribution in [0.1, 0.15) is 17.2 Å². The Hall–Kier alpha value is -2.31. The van der Waals surface area contributed by atoms with Crippen molar-refractivity contribution in [3.05, 3.63) is 59.7 Å². The number of hydrogen-bond acceptors (Lipinski definition) is 5. The molecule has 1 heterocycles. The van der Waals surface area contributed by atoms with Gasteiger partial charge in [-0.25, -0.2) is 4.99 Å². The van der Waals surface area contributed by atoms with Crippen LogP contribution in [0, 0.1) is 6.92 Å². The molecular weight excluding hydrogens is 310 g/mol. The predicted molar refractivity (Wildman–Crippen MR) is 91.7 cm³/mol. The quantitative estimate of drug-likeness (QED) is 0.754. The number of nitrogens with zero attached hydrogens (tertiary/aromatic N) is 1. The van der Waals surface area contributed by atoms with Crippen LogP contribution in [0.2, 0.25) is 0 Å². The minimum atomic E-state index is -0.744. The van der Waals surface area contributed by atoms with Gasteiger partial charge in [0, 0.05) is 6.54 Å². The van der Waals surface area contributed by atoms with Gasteiger partial charge in [0.05, 0.1) is 16.7 Å². The lowest BCUT2D eigenvalue weighted by Gasteiger charge is -2.17. The second-order valence-electron chi connectivity index (χ2n) is 5.27. The molecule has 1 aliphatic heterocycles. The Balaban J connectivity index is 1.64. The van der Waals surface area contributed by atoms with Crippen LogP contribution in [0.5, 0.6) is 0 Å². The smallest absolute Gasteiger partial charge is 0.287 e. The molecule has 5 nitrogen and oxygen atoms in total. The normalized spacial score (nSPS) is 14.3.